The average molecular weight is 417 g/mol. The highest BCUT2D eigenvalue weighted by atomic mass is 35.5. The summed E-state index contributed by atoms with van der Waals surface area (Å²) >= 11 is 0. The molecule has 29 heavy (non-hydrogen) atoms. The summed E-state index contributed by atoms with van der Waals surface area (Å²) in [5.74, 6) is 0.460. The van der Waals surface area contributed by atoms with Gasteiger partial charge in [-0.3, -0.25) is 4.79 Å². The topological polar surface area (TPSA) is 101 Å². The molecule has 0 radical (unpaired) electrons. The summed E-state index contributed by atoms with van der Waals surface area (Å²) in [4.78, 5) is 26.4. The van der Waals surface area contributed by atoms with E-state index in [0.29, 0.717) is 19.6 Å². The Hall–Kier alpha value is -2.57. The predicted octanol–water partition coefficient (Wildman–Crippen LogP) is 2.72. The molecule has 2 aromatic rings. The zero-order valence-electron chi connectivity index (χ0n) is 16.6. The fraction of sp³-hybridized carbons (Fsp3) is 0.364. The van der Waals surface area contributed by atoms with Crippen molar-refractivity contribution in [2.24, 2.45) is 17.4 Å². The van der Waals surface area contributed by atoms with Gasteiger partial charge in [0.1, 0.15) is 0 Å². The number of likely N-dealkylation sites (tertiary alicyclic amines) is 1. The van der Waals surface area contributed by atoms with E-state index in [1.54, 1.807) is 0 Å². The first-order chi connectivity index (χ1) is 13.5. The van der Waals surface area contributed by atoms with Crippen molar-refractivity contribution in [2.45, 2.75) is 25.3 Å². The third-order valence-electron chi connectivity index (χ3n) is 5.46. The number of hydrogen-bond donors (Lipinski definition) is 3. The minimum atomic E-state index is -0.636. The molecule has 0 saturated carbocycles. The van der Waals surface area contributed by atoms with Crippen LogP contribution in [0, 0.1) is 12.8 Å². The Bertz CT molecular complexity index is 831. The van der Waals surface area contributed by atoms with Gasteiger partial charge in [-0.05, 0) is 30.5 Å². The van der Waals surface area contributed by atoms with Gasteiger partial charge in [-0.15, -0.1) is 12.4 Å². The quantitative estimate of drug-likeness (QED) is 0.674. The molecule has 3 amide bonds. The number of hydrogen-bond acceptors (Lipinski definition) is 3. The normalized spacial score (nSPS) is 19.3. The van der Waals surface area contributed by atoms with E-state index in [1.807, 2.05) is 54.3 Å². The molecule has 2 aromatic carbocycles. The monoisotopic (exact) mass is 416 g/mol. The maximum atomic E-state index is 13.0. The van der Waals surface area contributed by atoms with Gasteiger partial charge in [-0.2, -0.15) is 0 Å². The minimum absolute atomic E-state index is 0. The van der Waals surface area contributed by atoms with Crippen molar-refractivity contribution >= 4 is 24.3 Å². The van der Waals surface area contributed by atoms with Crippen molar-refractivity contribution in [3.05, 3.63) is 71.3 Å². The molecule has 0 aliphatic carbocycles. The predicted molar refractivity (Wildman–Crippen MR) is 117 cm³/mol. The molecule has 1 heterocycles. The van der Waals surface area contributed by atoms with Gasteiger partial charge in [0.05, 0.1) is 12.5 Å². The van der Waals surface area contributed by atoms with E-state index in [1.165, 1.54) is 5.56 Å². The summed E-state index contributed by atoms with van der Waals surface area (Å²) in [6, 6.07) is 16.9. The molecular weight excluding hydrogens is 388 g/mol. The van der Waals surface area contributed by atoms with Crippen LogP contribution in [0.4, 0.5) is 4.79 Å². The molecule has 0 bridgehead atoms. The van der Waals surface area contributed by atoms with Crippen molar-refractivity contribution in [1.29, 1.82) is 0 Å². The highest BCUT2D eigenvalue weighted by molar-refractivity contribution is 5.85. The van der Waals surface area contributed by atoms with E-state index in [-0.39, 0.29) is 36.6 Å². The molecule has 1 aliphatic heterocycles. The molecule has 3 atom stereocenters. The molecule has 1 fully saturated rings. The zero-order valence-corrected chi connectivity index (χ0v) is 17.4. The van der Waals surface area contributed by atoms with Crippen molar-refractivity contribution in [1.82, 2.24) is 10.2 Å². The Morgan fingerprint density at radius 3 is 2.48 bits per heavy atom. The lowest BCUT2D eigenvalue weighted by Gasteiger charge is -2.22. The van der Waals surface area contributed by atoms with Gasteiger partial charge >= 0.3 is 6.03 Å². The summed E-state index contributed by atoms with van der Waals surface area (Å²) in [6.07, 6.45) is 0.172. The highest BCUT2D eigenvalue weighted by Gasteiger charge is 2.36. The lowest BCUT2D eigenvalue weighted by molar-refractivity contribution is -0.130. The zero-order chi connectivity index (χ0) is 20.1. The molecule has 3 rings (SSSR count). The largest absolute Gasteiger partial charge is 0.352 e. The third-order valence-corrected chi connectivity index (χ3v) is 5.46. The van der Waals surface area contributed by atoms with Crippen LogP contribution in [0.2, 0.25) is 0 Å². The van der Waals surface area contributed by atoms with Gasteiger partial charge in [0.15, 0.2) is 0 Å². The highest BCUT2D eigenvalue weighted by Crippen LogP contribution is 2.33. The van der Waals surface area contributed by atoms with Gasteiger partial charge in [0.25, 0.3) is 0 Å². The van der Waals surface area contributed by atoms with Gasteiger partial charge in [0.2, 0.25) is 5.91 Å². The molecule has 0 aromatic heterocycles. The number of nitrogens with two attached hydrogens (primary N) is 2. The van der Waals surface area contributed by atoms with Crippen LogP contribution in [0.5, 0.6) is 0 Å². The first-order valence-electron chi connectivity index (χ1n) is 9.63. The van der Waals surface area contributed by atoms with Gasteiger partial charge < -0.3 is 21.7 Å². The van der Waals surface area contributed by atoms with Crippen molar-refractivity contribution < 1.29 is 9.59 Å². The number of amides is 3. The summed E-state index contributed by atoms with van der Waals surface area (Å²) in [5.41, 5.74) is 14.5. The number of carbonyl (C=O) groups excluding carboxylic acids is 2. The summed E-state index contributed by atoms with van der Waals surface area (Å²) < 4.78 is 0. The summed E-state index contributed by atoms with van der Waals surface area (Å²) in [7, 11) is 0. The van der Waals surface area contributed by atoms with Gasteiger partial charge in [-0.25, -0.2) is 4.79 Å². The van der Waals surface area contributed by atoms with Crippen LogP contribution in [0.25, 0.3) is 0 Å². The van der Waals surface area contributed by atoms with Crippen LogP contribution >= 0.6 is 12.4 Å². The van der Waals surface area contributed by atoms with Crippen LogP contribution in [0.15, 0.2) is 54.6 Å². The number of aryl methyl sites for hydroxylation is 1. The van der Waals surface area contributed by atoms with Crippen molar-refractivity contribution in [2.75, 3.05) is 19.6 Å². The molecule has 6 nitrogen and oxygen atoms in total. The average Bonchev–Trinajstić information content (AvgIpc) is 3.12. The van der Waals surface area contributed by atoms with Crippen LogP contribution < -0.4 is 16.8 Å². The molecule has 5 N–H and O–H groups in total. The van der Waals surface area contributed by atoms with Crippen molar-refractivity contribution in [3.8, 4) is 0 Å². The maximum Gasteiger partial charge on any atom is 0.312 e. The van der Waals surface area contributed by atoms with Gasteiger partial charge in [-0.1, -0.05) is 60.2 Å². The second kappa shape index (κ2) is 10.3. The number of nitrogens with zero attached hydrogens (tertiary/aromatic N) is 1. The van der Waals surface area contributed by atoms with Crippen molar-refractivity contribution in [3.63, 3.8) is 0 Å². The second-order valence-electron chi connectivity index (χ2n) is 7.49. The second-order valence-corrected chi connectivity index (χ2v) is 7.49. The minimum Gasteiger partial charge on any atom is -0.352 e. The maximum absolute atomic E-state index is 13.0. The first-order valence-corrected chi connectivity index (χ1v) is 9.63. The summed E-state index contributed by atoms with van der Waals surface area (Å²) in [5, 5.41) is 2.71. The molecule has 1 unspecified atom stereocenters. The van der Waals surface area contributed by atoms with E-state index >= 15 is 0 Å². The Morgan fingerprint density at radius 1 is 1.14 bits per heavy atom. The molecule has 1 saturated heterocycles. The Kier molecular flexibility index (Phi) is 8.05. The van der Waals surface area contributed by atoms with E-state index in [0.717, 1.165) is 11.1 Å². The van der Waals surface area contributed by atoms with E-state index in [2.05, 4.69) is 17.4 Å². The Morgan fingerprint density at radius 2 is 1.86 bits per heavy atom. The number of rotatable bonds is 6. The van der Waals surface area contributed by atoms with E-state index in [9.17, 15) is 9.59 Å². The molecule has 156 valence electrons. The first kappa shape index (κ1) is 22.7. The van der Waals surface area contributed by atoms with Crippen LogP contribution in [0.1, 0.15) is 35.1 Å². The third kappa shape index (κ3) is 5.71. The van der Waals surface area contributed by atoms with Crippen LogP contribution in [-0.2, 0) is 4.79 Å². The lowest BCUT2D eigenvalue weighted by Crippen LogP contribution is -2.38. The lowest BCUT2D eigenvalue weighted by atomic mass is 9.89. The summed E-state index contributed by atoms with van der Waals surface area (Å²) in [6.45, 7) is 3.78. The standard InChI is InChI=1S/C22H28N4O2.ClH/c1-15-6-5-9-17(10-15)20(25-22(24)28)11-21(27)26-13-18(12-23)19(14-26)16-7-3-2-4-8-16;/h2-10,18-20H,11-14,23H2,1H3,(H3,24,25,28);1H/t18-,19+,20?;/m1./s1. The number of halogens is 1. The van der Waals surface area contributed by atoms with E-state index < -0.39 is 12.1 Å². The fourth-order valence-corrected chi connectivity index (χ4v) is 4.01. The molecule has 0 spiro atoms. The fourth-order valence-electron chi connectivity index (χ4n) is 4.01. The smallest absolute Gasteiger partial charge is 0.312 e. The SMILES string of the molecule is Cc1cccc(C(CC(=O)N2C[C@@H](CN)[C@H](c3ccccc3)C2)NC(N)=O)c1.Cl. The molecule has 1 aliphatic rings. The molecule has 7 heteroatoms. The molecular formula is C22H29ClN4O2. The number of carbonyl (C=O) groups is 2. The van der Waals surface area contributed by atoms with Crippen LogP contribution in [-0.4, -0.2) is 36.5 Å². The Labute approximate surface area is 178 Å². The van der Waals surface area contributed by atoms with E-state index in [4.69, 9.17) is 11.5 Å². The number of urea groups is 1. The Balaban J connectivity index is 0.00000300. The number of benzene rings is 2. The number of nitrogens with one attached hydrogen (secondary N) is 1. The number of primary amides is 1. The van der Waals surface area contributed by atoms with Gasteiger partial charge in [0, 0.05) is 19.0 Å². The van der Waals surface area contributed by atoms with Crippen LogP contribution in [0.3, 0.4) is 0 Å².